The summed E-state index contributed by atoms with van der Waals surface area (Å²) < 4.78 is 5.67. The number of primary amides is 1. The molecule has 0 saturated heterocycles. The van der Waals surface area contributed by atoms with E-state index in [1.54, 1.807) is 37.3 Å². The maximum absolute atomic E-state index is 14.4. The number of amides is 2. The van der Waals surface area contributed by atoms with E-state index in [0.717, 1.165) is 11.6 Å². The molecule has 3 aromatic carbocycles. The molecule has 1 unspecified atom stereocenters. The quantitative estimate of drug-likeness (QED) is 0.117. The molecular weight excluding hydrogens is 698 g/mol. The van der Waals surface area contributed by atoms with Crippen LogP contribution in [0.4, 0.5) is 0 Å². The molecular formula is C40H41N3O11. The molecule has 54 heavy (non-hydrogen) atoms. The normalized spacial score (nSPS) is 25.4. The van der Waals surface area contributed by atoms with Crippen molar-refractivity contribution in [1.29, 1.82) is 0 Å². The van der Waals surface area contributed by atoms with E-state index in [4.69, 9.17) is 10.5 Å². The number of carbonyl (C=O) groups is 5. The van der Waals surface area contributed by atoms with Crippen LogP contribution in [0.15, 0.2) is 89.7 Å². The van der Waals surface area contributed by atoms with Crippen LogP contribution in [0.1, 0.15) is 53.1 Å². The molecule has 3 aliphatic carbocycles. The number of phenols is 1. The van der Waals surface area contributed by atoms with Gasteiger partial charge in [0.15, 0.2) is 17.4 Å². The van der Waals surface area contributed by atoms with Gasteiger partial charge in [-0.15, -0.1) is 0 Å². The Balaban J connectivity index is 1.48. The van der Waals surface area contributed by atoms with E-state index in [2.05, 4.69) is 5.32 Å². The van der Waals surface area contributed by atoms with Crippen molar-refractivity contribution in [1.82, 2.24) is 10.2 Å². The molecule has 3 aromatic rings. The fourth-order valence-corrected chi connectivity index (χ4v) is 8.19. The lowest BCUT2D eigenvalue weighted by Crippen LogP contribution is -2.70. The van der Waals surface area contributed by atoms with Crippen molar-refractivity contribution in [2.45, 2.75) is 56.1 Å². The van der Waals surface area contributed by atoms with Gasteiger partial charge < -0.3 is 41.3 Å². The number of esters is 1. The van der Waals surface area contributed by atoms with Crippen molar-refractivity contribution in [2.75, 3.05) is 14.1 Å². The number of hydrogen-bond donors (Lipinski definition) is 7. The van der Waals surface area contributed by atoms with Gasteiger partial charge in [-0.2, -0.15) is 0 Å². The SMILES string of the molecule is C[C@@H]1c2c(C(NC(=O)CCc3ccccc3)C(=O)OCc3ccccc3)ccc(O)c2C(O)=C2C(=O)[C@@]3(O)C(O)=C(C(N)=O)C(=O)[C@H](N(C)C)[C@H]3[C@H](O)[C@H]21. The minimum atomic E-state index is -3.09. The molecule has 8 N–H and O–H groups in total. The second-order valence-electron chi connectivity index (χ2n) is 14.1. The van der Waals surface area contributed by atoms with Crippen molar-refractivity contribution in [3.8, 4) is 5.75 Å². The summed E-state index contributed by atoms with van der Waals surface area (Å²) in [6.07, 6.45) is -1.53. The molecule has 14 nitrogen and oxygen atoms in total. The second-order valence-corrected chi connectivity index (χ2v) is 14.1. The topological polar surface area (TPSA) is 237 Å². The van der Waals surface area contributed by atoms with Gasteiger partial charge in [0.05, 0.1) is 23.6 Å². The number of nitrogens with zero attached hydrogens (tertiary/aromatic N) is 1. The first kappa shape index (κ1) is 37.9. The minimum absolute atomic E-state index is 0.0159. The lowest BCUT2D eigenvalue weighted by atomic mass is 9.54. The average Bonchev–Trinajstić information content (AvgIpc) is 3.14. The van der Waals surface area contributed by atoms with Crippen molar-refractivity contribution >= 4 is 35.1 Å². The first-order chi connectivity index (χ1) is 25.6. The van der Waals surface area contributed by atoms with Gasteiger partial charge in [0.1, 0.15) is 29.4 Å². The molecule has 0 aliphatic heterocycles. The van der Waals surface area contributed by atoms with Gasteiger partial charge in [-0.05, 0) is 54.8 Å². The highest BCUT2D eigenvalue weighted by Gasteiger charge is 2.68. The Kier molecular flexibility index (Phi) is 10.2. The van der Waals surface area contributed by atoms with Gasteiger partial charge in [0.2, 0.25) is 11.7 Å². The van der Waals surface area contributed by atoms with Crippen molar-refractivity contribution < 1.29 is 54.2 Å². The highest BCUT2D eigenvalue weighted by molar-refractivity contribution is 6.24. The number of hydrogen-bond acceptors (Lipinski definition) is 12. The molecule has 6 rings (SSSR count). The smallest absolute Gasteiger partial charge is 0.333 e. The Hall–Kier alpha value is -5.83. The summed E-state index contributed by atoms with van der Waals surface area (Å²) in [4.78, 5) is 69.0. The molecule has 0 aromatic heterocycles. The van der Waals surface area contributed by atoms with Crippen LogP contribution in [0.3, 0.4) is 0 Å². The molecule has 2 amide bonds. The van der Waals surface area contributed by atoms with Crippen LogP contribution in [-0.2, 0) is 41.7 Å². The van der Waals surface area contributed by atoms with E-state index in [1.165, 1.54) is 25.1 Å². The number of fused-ring (bicyclic) bond motifs is 3. The number of aliphatic hydroxyl groups is 4. The van der Waals surface area contributed by atoms with E-state index in [-0.39, 0.29) is 29.7 Å². The third-order valence-corrected chi connectivity index (χ3v) is 10.7. The van der Waals surface area contributed by atoms with E-state index >= 15 is 0 Å². The Labute approximate surface area is 310 Å². The summed E-state index contributed by atoms with van der Waals surface area (Å²) in [6.45, 7) is 1.39. The number of benzene rings is 3. The third kappa shape index (κ3) is 6.21. The Bertz CT molecular complexity index is 2100. The molecule has 7 atom stereocenters. The number of Topliss-reactive ketones (excluding diaryl/α,β-unsaturated/α-hetero) is 2. The summed E-state index contributed by atoms with van der Waals surface area (Å²) in [5.41, 5.74) is 2.06. The third-order valence-electron chi connectivity index (χ3n) is 10.7. The molecule has 0 bridgehead atoms. The molecule has 1 saturated carbocycles. The zero-order valence-corrected chi connectivity index (χ0v) is 29.7. The number of rotatable bonds is 10. The number of aromatic hydroxyl groups is 1. The molecule has 0 spiro atoms. The Morgan fingerprint density at radius 2 is 1.56 bits per heavy atom. The first-order valence-corrected chi connectivity index (χ1v) is 17.3. The van der Waals surface area contributed by atoms with E-state index < -0.39 is 99.3 Å². The fraction of sp³-hybridized carbons (Fsp3) is 0.325. The second kappa shape index (κ2) is 14.5. The fourth-order valence-electron chi connectivity index (χ4n) is 8.19. The van der Waals surface area contributed by atoms with Gasteiger partial charge >= 0.3 is 5.97 Å². The summed E-state index contributed by atoms with van der Waals surface area (Å²) in [7, 11) is 2.82. The van der Waals surface area contributed by atoms with E-state index in [9.17, 15) is 49.5 Å². The zero-order valence-electron chi connectivity index (χ0n) is 29.7. The number of aliphatic hydroxyl groups excluding tert-OH is 3. The van der Waals surface area contributed by atoms with Crippen LogP contribution in [0, 0.1) is 11.8 Å². The first-order valence-electron chi connectivity index (χ1n) is 17.3. The highest BCUT2D eigenvalue weighted by Crippen LogP contribution is 2.57. The van der Waals surface area contributed by atoms with Gasteiger partial charge in [-0.1, -0.05) is 73.7 Å². The maximum atomic E-state index is 14.4. The molecule has 14 heteroatoms. The standard InChI is InChI=1S/C40H41N3O11/c1-19-25-22(31(39(52)54-18-21-12-8-5-9-13-21)42-24(45)17-14-20-10-6-4-7-11-20)15-16-23(44)27(25)33(46)28-26(19)34(47)30-32(43(2)3)35(48)29(38(41)51)37(50)40(30,53)36(28)49/h4-13,15-16,19,26,30-32,34,44,46-47,50,53H,14,17-18H2,1-3H3,(H2,41,51)(H,42,45)/t19-,26+,30+,31?,32-,34-,40-/m1/s1. The zero-order chi connectivity index (χ0) is 39.2. The van der Waals surface area contributed by atoms with Crippen molar-refractivity contribution in [2.24, 2.45) is 17.6 Å². The summed E-state index contributed by atoms with van der Waals surface area (Å²) in [5.74, 6) is -12.2. The monoisotopic (exact) mass is 739 g/mol. The summed E-state index contributed by atoms with van der Waals surface area (Å²) in [6, 6.07) is 17.5. The predicted octanol–water partition coefficient (Wildman–Crippen LogP) is 2.03. The molecule has 1 fully saturated rings. The van der Waals surface area contributed by atoms with Gasteiger partial charge in [0.25, 0.3) is 5.91 Å². The van der Waals surface area contributed by atoms with E-state index in [0.29, 0.717) is 12.0 Å². The number of likely N-dealkylation sites (N-methyl/N-ethyl adjacent to an activating group) is 1. The molecule has 0 radical (unpaired) electrons. The van der Waals surface area contributed by atoms with Crippen LogP contribution >= 0.6 is 0 Å². The van der Waals surface area contributed by atoms with Crippen molar-refractivity contribution in [3.63, 3.8) is 0 Å². The average molecular weight is 740 g/mol. The van der Waals surface area contributed by atoms with Crippen LogP contribution < -0.4 is 11.1 Å². The lowest BCUT2D eigenvalue weighted by molar-refractivity contribution is -0.169. The number of aryl methyl sites for hydroxylation is 1. The maximum Gasteiger partial charge on any atom is 0.333 e. The molecule has 282 valence electrons. The highest BCUT2D eigenvalue weighted by atomic mass is 16.5. The Morgan fingerprint density at radius 1 is 0.944 bits per heavy atom. The summed E-state index contributed by atoms with van der Waals surface area (Å²) >= 11 is 0. The van der Waals surface area contributed by atoms with Crippen LogP contribution in [0.5, 0.6) is 5.75 Å². The number of ketones is 2. The number of carbonyl (C=O) groups excluding carboxylic acids is 5. The van der Waals surface area contributed by atoms with Crippen LogP contribution in [0.2, 0.25) is 0 Å². The molecule has 3 aliphatic rings. The van der Waals surface area contributed by atoms with Gasteiger partial charge in [-0.3, -0.25) is 24.1 Å². The number of nitrogens with one attached hydrogen (secondary N) is 1. The lowest BCUT2D eigenvalue weighted by Gasteiger charge is -2.54. The number of phenolic OH excluding ortho intramolecular Hbond substituents is 1. The summed E-state index contributed by atoms with van der Waals surface area (Å²) in [5, 5.41) is 61.0. The minimum Gasteiger partial charge on any atom is -0.508 e. The van der Waals surface area contributed by atoms with E-state index in [1.807, 2.05) is 30.3 Å². The predicted molar refractivity (Wildman–Crippen MR) is 192 cm³/mol. The van der Waals surface area contributed by atoms with Gasteiger partial charge in [-0.25, -0.2) is 4.79 Å². The van der Waals surface area contributed by atoms with Crippen LogP contribution in [-0.4, -0.2) is 91.6 Å². The Morgan fingerprint density at radius 3 is 2.15 bits per heavy atom. The van der Waals surface area contributed by atoms with Crippen molar-refractivity contribution in [3.05, 3.63) is 118 Å². The number of ether oxygens (including phenoxy) is 1. The van der Waals surface area contributed by atoms with Crippen LogP contribution in [0.25, 0.3) is 5.76 Å². The number of nitrogens with two attached hydrogens (primary N) is 1. The largest absolute Gasteiger partial charge is 0.508 e. The van der Waals surface area contributed by atoms with Gasteiger partial charge in [0, 0.05) is 17.9 Å². The molecule has 0 heterocycles.